The van der Waals surface area contributed by atoms with E-state index in [0.717, 1.165) is 23.8 Å². The van der Waals surface area contributed by atoms with E-state index in [0.29, 0.717) is 68.7 Å². The largest absolute Gasteiger partial charge is 0.415 e. The predicted molar refractivity (Wildman–Crippen MR) is 129 cm³/mol. The van der Waals surface area contributed by atoms with Crippen molar-refractivity contribution in [3.8, 4) is 5.75 Å². The zero-order valence-corrected chi connectivity index (χ0v) is 19.8. The third-order valence-corrected chi connectivity index (χ3v) is 5.56. The Morgan fingerprint density at radius 3 is 2.65 bits per heavy atom. The van der Waals surface area contributed by atoms with Crippen LogP contribution in [0.3, 0.4) is 0 Å². The summed E-state index contributed by atoms with van der Waals surface area (Å²) in [5.41, 5.74) is 3.09. The number of ether oxygens (including phenoxy) is 2. The first-order valence-electron chi connectivity index (χ1n) is 11.7. The fraction of sp³-hybridized carbons (Fsp3) is 0.423. The number of amides is 2. The lowest BCUT2D eigenvalue weighted by atomic mass is 10.0. The van der Waals surface area contributed by atoms with Gasteiger partial charge in [0.05, 0.1) is 13.2 Å². The highest BCUT2D eigenvalue weighted by atomic mass is 16.6. The van der Waals surface area contributed by atoms with Crippen molar-refractivity contribution in [3.05, 3.63) is 64.7 Å². The lowest BCUT2D eigenvalue weighted by molar-refractivity contribution is 0.0416. The van der Waals surface area contributed by atoms with Gasteiger partial charge >= 0.3 is 6.09 Å². The minimum atomic E-state index is -0.350. The number of hydrogen-bond donors (Lipinski definition) is 2. The molecule has 0 atom stereocenters. The highest BCUT2D eigenvalue weighted by molar-refractivity contribution is 5.95. The molecular formula is C26H33N3O5. The maximum absolute atomic E-state index is 12.5. The zero-order chi connectivity index (χ0) is 24.3. The maximum Gasteiger partial charge on any atom is 0.415 e. The van der Waals surface area contributed by atoms with E-state index in [1.54, 1.807) is 29.2 Å². The molecule has 0 spiro atoms. The van der Waals surface area contributed by atoms with E-state index in [-0.39, 0.29) is 12.0 Å². The zero-order valence-electron chi connectivity index (χ0n) is 19.8. The van der Waals surface area contributed by atoms with Gasteiger partial charge in [-0.3, -0.25) is 9.59 Å². The van der Waals surface area contributed by atoms with Crippen molar-refractivity contribution < 1.29 is 23.9 Å². The molecule has 1 aliphatic rings. The van der Waals surface area contributed by atoms with Gasteiger partial charge < -0.3 is 25.0 Å². The van der Waals surface area contributed by atoms with E-state index in [4.69, 9.17) is 9.47 Å². The monoisotopic (exact) mass is 467 g/mol. The van der Waals surface area contributed by atoms with Gasteiger partial charge in [-0.2, -0.15) is 0 Å². The topological polar surface area (TPSA) is 97.0 Å². The van der Waals surface area contributed by atoms with Gasteiger partial charge in [0.2, 0.25) is 0 Å². The van der Waals surface area contributed by atoms with E-state index >= 15 is 0 Å². The Bertz CT molecular complexity index is 986. The Hall–Kier alpha value is -3.23. The van der Waals surface area contributed by atoms with E-state index in [2.05, 4.69) is 30.5 Å². The Kier molecular flexibility index (Phi) is 9.61. The number of rotatable bonds is 10. The molecule has 2 aromatic rings. The summed E-state index contributed by atoms with van der Waals surface area (Å²) in [4.78, 5) is 37.2. The summed E-state index contributed by atoms with van der Waals surface area (Å²) >= 11 is 0. The quantitative estimate of drug-likeness (QED) is 0.411. The van der Waals surface area contributed by atoms with Crippen LogP contribution in [0.25, 0.3) is 0 Å². The number of nitrogens with one attached hydrogen (secondary N) is 2. The average molecular weight is 468 g/mol. The van der Waals surface area contributed by atoms with Crippen molar-refractivity contribution in [1.82, 2.24) is 15.5 Å². The molecule has 8 nitrogen and oxygen atoms in total. The third-order valence-electron chi connectivity index (χ3n) is 5.56. The highest BCUT2D eigenvalue weighted by Gasteiger charge is 2.19. The number of benzene rings is 2. The average Bonchev–Trinajstić information content (AvgIpc) is 2.86. The molecular weight excluding hydrogens is 434 g/mol. The molecule has 182 valence electrons. The first-order chi connectivity index (χ1) is 16.5. The molecule has 0 radical (unpaired) electrons. The van der Waals surface area contributed by atoms with Gasteiger partial charge in [-0.15, -0.1) is 0 Å². The minimum Gasteiger partial charge on any atom is -0.410 e. The molecule has 2 N–H and O–H groups in total. The van der Waals surface area contributed by atoms with Crippen LogP contribution < -0.4 is 15.4 Å². The summed E-state index contributed by atoms with van der Waals surface area (Å²) < 4.78 is 10.9. The Labute approximate surface area is 200 Å². The molecule has 2 amide bonds. The fourth-order valence-corrected chi connectivity index (χ4v) is 3.59. The number of nitrogens with zero attached hydrogens (tertiary/aromatic N) is 1. The number of aldehydes is 1. The van der Waals surface area contributed by atoms with E-state index in [1.165, 1.54) is 0 Å². The lowest BCUT2D eigenvalue weighted by Gasteiger charge is -2.26. The highest BCUT2D eigenvalue weighted by Crippen LogP contribution is 2.24. The van der Waals surface area contributed by atoms with Crippen LogP contribution in [0, 0.1) is 0 Å². The molecule has 0 aliphatic carbocycles. The summed E-state index contributed by atoms with van der Waals surface area (Å²) in [7, 11) is 0. The van der Waals surface area contributed by atoms with Crippen LogP contribution in [0.5, 0.6) is 5.75 Å². The first-order valence-corrected chi connectivity index (χ1v) is 11.7. The van der Waals surface area contributed by atoms with Gasteiger partial charge in [-0.05, 0) is 54.3 Å². The van der Waals surface area contributed by atoms with Crippen LogP contribution >= 0.6 is 0 Å². The Morgan fingerprint density at radius 1 is 1.12 bits per heavy atom. The number of carbonyl (C=O) groups is 3. The van der Waals surface area contributed by atoms with Crippen LogP contribution in [0.4, 0.5) is 4.79 Å². The van der Waals surface area contributed by atoms with E-state index in [1.807, 2.05) is 12.1 Å². The van der Waals surface area contributed by atoms with Crippen LogP contribution in [0.1, 0.15) is 58.0 Å². The first kappa shape index (κ1) is 25.4. The SMILES string of the molecule is CC(C)c1cc(CNCCCNC(=O)c2cccc(C=O)c2)cc(OC(=O)N2CCOCC2)c1. The molecule has 1 heterocycles. The second-order valence-electron chi connectivity index (χ2n) is 8.56. The second-order valence-corrected chi connectivity index (χ2v) is 8.56. The smallest absolute Gasteiger partial charge is 0.410 e. The summed E-state index contributed by atoms with van der Waals surface area (Å²) in [5.74, 6) is 0.651. The van der Waals surface area contributed by atoms with Crippen molar-refractivity contribution in [1.29, 1.82) is 0 Å². The van der Waals surface area contributed by atoms with Crippen molar-refractivity contribution in [2.24, 2.45) is 0 Å². The van der Waals surface area contributed by atoms with E-state index < -0.39 is 0 Å². The number of carbonyl (C=O) groups excluding carboxylic acids is 3. The molecule has 0 saturated carbocycles. The summed E-state index contributed by atoms with van der Waals surface area (Å²) in [6.07, 6.45) is 1.13. The molecule has 1 saturated heterocycles. The number of hydrogen-bond acceptors (Lipinski definition) is 6. The molecule has 34 heavy (non-hydrogen) atoms. The van der Waals surface area contributed by atoms with Crippen molar-refractivity contribution in [2.45, 2.75) is 32.7 Å². The summed E-state index contributed by atoms with van der Waals surface area (Å²) in [5, 5.41) is 6.25. The summed E-state index contributed by atoms with van der Waals surface area (Å²) in [6.45, 7) is 8.20. The molecule has 3 rings (SSSR count). The Morgan fingerprint density at radius 2 is 1.91 bits per heavy atom. The molecule has 2 aromatic carbocycles. The molecule has 1 fully saturated rings. The molecule has 8 heteroatoms. The van der Waals surface area contributed by atoms with Gasteiger partial charge in [0.25, 0.3) is 5.91 Å². The van der Waals surface area contributed by atoms with Crippen molar-refractivity contribution >= 4 is 18.3 Å². The van der Waals surface area contributed by atoms with Gasteiger partial charge in [0, 0.05) is 37.3 Å². The van der Waals surface area contributed by atoms with Gasteiger partial charge in [0.15, 0.2) is 0 Å². The van der Waals surface area contributed by atoms with Gasteiger partial charge in [-0.1, -0.05) is 32.0 Å². The van der Waals surface area contributed by atoms with E-state index in [9.17, 15) is 14.4 Å². The van der Waals surface area contributed by atoms with Gasteiger partial charge in [-0.25, -0.2) is 4.79 Å². The predicted octanol–water partition coefficient (Wildman–Crippen LogP) is 3.36. The minimum absolute atomic E-state index is 0.194. The molecule has 0 bridgehead atoms. The normalized spacial score (nSPS) is 13.6. The van der Waals surface area contributed by atoms with Crippen LogP contribution in [0.2, 0.25) is 0 Å². The summed E-state index contributed by atoms with van der Waals surface area (Å²) in [6, 6.07) is 12.5. The second kappa shape index (κ2) is 12.9. The maximum atomic E-state index is 12.5. The molecule has 1 aliphatic heterocycles. The van der Waals surface area contributed by atoms with Crippen LogP contribution in [-0.4, -0.2) is 62.6 Å². The standard InChI is InChI=1S/C26H33N3O5/c1-19(2)23-14-21(15-24(16-23)34-26(32)29-9-11-33-12-10-29)17-27-7-4-8-28-25(31)22-6-3-5-20(13-22)18-30/h3,5-6,13-16,18-19,27H,4,7-12,17H2,1-2H3,(H,28,31). The van der Waals surface area contributed by atoms with Gasteiger partial charge in [0.1, 0.15) is 12.0 Å². The fourth-order valence-electron chi connectivity index (χ4n) is 3.59. The number of morpholine rings is 1. The van der Waals surface area contributed by atoms with Crippen molar-refractivity contribution in [2.75, 3.05) is 39.4 Å². The van der Waals surface area contributed by atoms with Crippen LogP contribution in [0.15, 0.2) is 42.5 Å². The third kappa shape index (κ3) is 7.67. The van der Waals surface area contributed by atoms with Crippen LogP contribution in [-0.2, 0) is 11.3 Å². The molecule has 0 aromatic heterocycles. The van der Waals surface area contributed by atoms with Crippen molar-refractivity contribution in [3.63, 3.8) is 0 Å². The lowest BCUT2D eigenvalue weighted by Crippen LogP contribution is -2.42. The molecule has 0 unspecified atom stereocenters. The Balaban J connectivity index is 1.46.